The number of methoxy groups -OCH3 is 1. The first-order valence-electron chi connectivity index (χ1n) is 9.60. The van der Waals surface area contributed by atoms with Crippen LogP contribution in [0.25, 0.3) is 11.4 Å². The number of hydrogen-bond donors (Lipinski definition) is 0. The van der Waals surface area contributed by atoms with Crippen molar-refractivity contribution in [2.45, 2.75) is 55.5 Å². The lowest BCUT2D eigenvalue weighted by molar-refractivity contribution is -0.137. The summed E-state index contributed by atoms with van der Waals surface area (Å²) in [5.74, 6) is 2.10. The van der Waals surface area contributed by atoms with Gasteiger partial charge < -0.3 is 9.47 Å². The van der Waals surface area contributed by atoms with E-state index < -0.39 is 0 Å². The molecule has 7 heteroatoms. The van der Waals surface area contributed by atoms with Crippen LogP contribution in [0.5, 0.6) is 5.75 Å². The predicted molar refractivity (Wildman–Crippen MR) is 104 cm³/mol. The fourth-order valence-electron chi connectivity index (χ4n) is 3.99. The Morgan fingerprint density at radius 3 is 2.59 bits per heavy atom. The molecule has 1 aromatic heterocycles. The lowest BCUT2D eigenvalue weighted by atomic mass is 9.85. The highest BCUT2D eigenvalue weighted by atomic mass is 32.2. The van der Waals surface area contributed by atoms with Gasteiger partial charge in [0.15, 0.2) is 11.0 Å². The van der Waals surface area contributed by atoms with Gasteiger partial charge in [-0.2, -0.15) is 0 Å². The molecule has 0 bridgehead atoms. The number of cyclic esters (lactones) is 1. The number of thioether (sulfide) groups is 1. The minimum Gasteiger partial charge on any atom is -0.497 e. The van der Waals surface area contributed by atoms with Crippen LogP contribution >= 0.6 is 11.8 Å². The van der Waals surface area contributed by atoms with Gasteiger partial charge in [-0.25, -0.2) is 0 Å². The van der Waals surface area contributed by atoms with Crippen molar-refractivity contribution < 1.29 is 14.3 Å². The molecule has 27 heavy (non-hydrogen) atoms. The highest BCUT2D eigenvalue weighted by Crippen LogP contribution is 2.40. The van der Waals surface area contributed by atoms with Crippen LogP contribution in [0.1, 0.15) is 45.1 Å². The topological polar surface area (TPSA) is 66.2 Å². The zero-order chi connectivity index (χ0) is 18.8. The molecule has 0 spiro atoms. The van der Waals surface area contributed by atoms with Crippen LogP contribution < -0.4 is 4.74 Å². The molecule has 3 atom stereocenters. The zero-order valence-corrected chi connectivity index (χ0v) is 16.6. The van der Waals surface area contributed by atoms with Crippen molar-refractivity contribution in [1.29, 1.82) is 0 Å². The Morgan fingerprint density at radius 1 is 1.15 bits per heavy atom. The van der Waals surface area contributed by atoms with Crippen LogP contribution in [0.4, 0.5) is 0 Å². The fraction of sp³-hybridized carbons (Fsp3) is 0.550. The van der Waals surface area contributed by atoms with Crippen LogP contribution in [0.15, 0.2) is 29.4 Å². The number of carbonyl (C=O) groups is 1. The molecule has 2 aliphatic rings. The molecule has 2 heterocycles. The van der Waals surface area contributed by atoms with Crippen molar-refractivity contribution in [2.75, 3.05) is 13.7 Å². The minimum absolute atomic E-state index is 0.141. The molecule has 4 rings (SSSR count). The average molecular weight is 388 g/mol. The molecule has 0 amide bonds. The van der Waals surface area contributed by atoms with E-state index in [-0.39, 0.29) is 11.2 Å². The van der Waals surface area contributed by atoms with E-state index in [1.165, 1.54) is 31.0 Å². The number of hydrogen-bond acceptors (Lipinski definition) is 6. The Balaban J connectivity index is 1.72. The third-order valence-corrected chi connectivity index (χ3v) is 6.75. The van der Waals surface area contributed by atoms with E-state index in [2.05, 4.69) is 21.7 Å². The van der Waals surface area contributed by atoms with E-state index in [9.17, 15) is 4.79 Å². The average Bonchev–Trinajstić information content (AvgIpc) is 3.29. The van der Waals surface area contributed by atoms with Crippen molar-refractivity contribution in [2.24, 2.45) is 5.92 Å². The zero-order valence-electron chi connectivity index (χ0n) is 15.8. The Labute approximate surface area is 163 Å². The Bertz CT molecular complexity index is 805. The number of benzene rings is 1. The quantitative estimate of drug-likeness (QED) is 0.719. The third-order valence-electron chi connectivity index (χ3n) is 5.55. The van der Waals surface area contributed by atoms with Gasteiger partial charge in [0.1, 0.15) is 11.0 Å². The Hall–Kier alpha value is -2.02. The second kappa shape index (κ2) is 7.92. The van der Waals surface area contributed by atoms with Gasteiger partial charge in [0.2, 0.25) is 0 Å². The number of esters is 1. The lowest BCUT2D eigenvalue weighted by Crippen LogP contribution is -2.23. The summed E-state index contributed by atoms with van der Waals surface area (Å²) in [6, 6.07) is 8.28. The highest BCUT2D eigenvalue weighted by Gasteiger charge is 2.33. The molecule has 1 aliphatic carbocycles. The summed E-state index contributed by atoms with van der Waals surface area (Å²) in [7, 11) is 1.66. The molecule has 1 aliphatic heterocycles. The van der Waals surface area contributed by atoms with Crippen molar-refractivity contribution in [3.05, 3.63) is 24.3 Å². The van der Waals surface area contributed by atoms with Crippen molar-refractivity contribution in [3.63, 3.8) is 0 Å². The summed E-state index contributed by atoms with van der Waals surface area (Å²) in [5, 5.41) is 9.64. The van der Waals surface area contributed by atoms with Crippen LogP contribution in [-0.2, 0) is 9.53 Å². The summed E-state index contributed by atoms with van der Waals surface area (Å²) in [6.45, 7) is 2.80. The fourth-order valence-corrected chi connectivity index (χ4v) is 5.04. The van der Waals surface area contributed by atoms with E-state index in [0.717, 1.165) is 35.1 Å². The molecule has 2 fully saturated rings. The first-order valence-corrected chi connectivity index (χ1v) is 10.5. The molecular formula is C20H25N3O3S. The highest BCUT2D eigenvalue weighted by molar-refractivity contribution is 8.00. The molecule has 1 saturated carbocycles. The normalized spacial score (nSPS) is 25.4. The van der Waals surface area contributed by atoms with E-state index >= 15 is 0 Å². The van der Waals surface area contributed by atoms with Crippen LogP contribution in [0.2, 0.25) is 0 Å². The molecule has 1 aromatic carbocycles. The summed E-state index contributed by atoms with van der Waals surface area (Å²) in [6.07, 6.45) is 5.54. The van der Waals surface area contributed by atoms with Crippen molar-refractivity contribution in [3.8, 4) is 17.1 Å². The largest absolute Gasteiger partial charge is 0.497 e. The van der Waals surface area contributed by atoms with Crippen LogP contribution in [0.3, 0.4) is 0 Å². The number of aromatic nitrogens is 3. The molecule has 0 radical (unpaired) electrons. The van der Waals surface area contributed by atoms with Gasteiger partial charge in [0.25, 0.3) is 0 Å². The first kappa shape index (κ1) is 18.3. The third kappa shape index (κ3) is 3.70. The maximum atomic E-state index is 12.0. The van der Waals surface area contributed by atoms with Gasteiger partial charge in [-0.05, 0) is 43.0 Å². The van der Waals surface area contributed by atoms with E-state index in [0.29, 0.717) is 18.6 Å². The molecular weight excluding hydrogens is 362 g/mol. The van der Waals surface area contributed by atoms with Gasteiger partial charge >= 0.3 is 5.97 Å². The SMILES string of the molecule is COc1ccc(-c2nnc(S[C@@H]3CCOC3=O)n2[C@@H]2CCCC[C@H]2C)cc1. The van der Waals surface area contributed by atoms with Gasteiger partial charge in [-0.1, -0.05) is 31.5 Å². The van der Waals surface area contributed by atoms with Gasteiger partial charge in [0.05, 0.1) is 13.7 Å². The van der Waals surface area contributed by atoms with Crippen molar-refractivity contribution in [1.82, 2.24) is 14.8 Å². The van der Waals surface area contributed by atoms with E-state index in [1.807, 2.05) is 24.3 Å². The number of carbonyl (C=O) groups excluding carboxylic acids is 1. The first-order chi connectivity index (χ1) is 13.2. The summed E-state index contributed by atoms with van der Waals surface area (Å²) >= 11 is 1.49. The maximum absolute atomic E-state index is 12.0. The number of ether oxygens (including phenoxy) is 2. The van der Waals surface area contributed by atoms with Gasteiger partial charge in [-0.3, -0.25) is 9.36 Å². The second-order valence-corrected chi connectivity index (χ2v) is 8.47. The van der Waals surface area contributed by atoms with Gasteiger partial charge in [-0.15, -0.1) is 10.2 Å². The van der Waals surface area contributed by atoms with Crippen LogP contribution in [-0.4, -0.2) is 39.7 Å². The minimum atomic E-state index is -0.185. The number of rotatable bonds is 5. The number of nitrogens with zero attached hydrogens (tertiary/aromatic N) is 3. The predicted octanol–water partition coefficient (Wildman–Crippen LogP) is 4.11. The summed E-state index contributed by atoms with van der Waals surface area (Å²) in [5.41, 5.74) is 1.02. The second-order valence-electron chi connectivity index (χ2n) is 7.30. The molecule has 144 valence electrons. The van der Waals surface area contributed by atoms with E-state index in [1.54, 1.807) is 7.11 Å². The smallest absolute Gasteiger partial charge is 0.319 e. The summed E-state index contributed by atoms with van der Waals surface area (Å²) in [4.78, 5) is 12.0. The maximum Gasteiger partial charge on any atom is 0.319 e. The molecule has 0 N–H and O–H groups in total. The lowest BCUT2D eigenvalue weighted by Gasteiger charge is -2.31. The molecule has 1 saturated heterocycles. The monoisotopic (exact) mass is 387 g/mol. The Morgan fingerprint density at radius 2 is 1.93 bits per heavy atom. The summed E-state index contributed by atoms with van der Waals surface area (Å²) < 4.78 is 12.7. The van der Waals surface area contributed by atoms with E-state index in [4.69, 9.17) is 9.47 Å². The molecule has 6 nitrogen and oxygen atoms in total. The van der Waals surface area contributed by atoms with Crippen LogP contribution in [0, 0.1) is 5.92 Å². The van der Waals surface area contributed by atoms with Crippen molar-refractivity contribution >= 4 is 17.7 Å². The Kier molecular flexibility index (Phi) is 5.38. The molecule has 0 unspecified atom stereocenters. The standard InChI is InChI=1S/C20H25N3O3S/c1-13-5-3-4-6-16(13)23-18(14-7-9-15(25-2)10-8-14)21-22-20(23)27-17-11-12-26-19(17)24/h7-10,13,16-17H,3-6,11-12H2,1-2H3/t13-,16-,17-/m1/s1. The molecule has 2 aromatic rings. The van der Waals surface area contributed by atoms with Gasteiger partial charge in [0, 0.05) is 18.0 Å².